The summed E-state index contributed by atoms with van der Waals surface area (Å²) >= 11 is 3.24. The molecule has 2 aromatic heterocycles. The molecular weight excluding hydrogens is 270 g/mol. The van der Waals surface area contributed by atoms with Crippen molar-refractivity contribution in [2.75, 3.05) is 0 Å². The van der Waals surface area contributed by atoms with E-state index < -0.39 is 0 Å². The maximum absolute atomic E-state index is 11.6. The molecule has 0 radical (unpaired) electrons. The Labute approximate surface area is 101 Å². The summed E-state index contributed by atoms with van der Waals surface area (Å²) in [6.45, 7) is 1.87. The Morgan fingerprint density at radius 3 is 2.56 bits per heavy atom. The Bertz CT molecular complexity index is 578. The minimum absolute atomic E-state index is 0.0582. The second kappa shape index (κ2) is 4.17. The summed E-state index contributed by atoms with van der Waals surface area (Å²) in [6.07, 6.45) is 3.36. The van der Waals surface area contributed by atoms with E-state index in [0.717, 1.165) is 11.3 Å². The molecule has 5 heteroatoms. The van der Waals surface area contributed by atoms with Crippen molar-refractivity contribution < 1.29 is 0 Å². The van der Waals surface area contributed by atoms with Crippen molar-refractivity contribution in [1.82, 2.24) is 14.5 Å². The molecule has 0 saturated heterocycles. The van der Waals surface area contributed by atoms with Gasteiger partial charge in [-0.1, -0.05) is 0 Å². The lowest BCUT2D eigenvalue weighted by atomic mass is 10.2. The lowest BCUT2D eigenvalue weighted by Crippen LogP contribution is -2.20. The summed E-state index contributed by atoms with van der Waals surface area (Å²) < 4.78 is 2.10. The smallest absolute Gasteiger partial charge is 0.264 e. The monoisotopic (exact) mass is 279 g/mol. The van der Waals surface area contributed by atoms with E-state index in [1.807, 2.05) is 6.92 Å². The van der Waals surface area contributed by atoms with Crippen LogP contribution in [0.4, 0.5) is 0 Å². The maximum atomic E-state index is 11.6. The fourth-order valence-electron chi connectivity index (χ4n) is 1.45. The van der Waals surface area contributed by atoms with Gasteiger partial charge in [-0.05, 0) is 35.0 Å². The quantitative estimate of drug-likeness (QED) is 0.801. The normalized spacial score (nSPS) is 10.4. The second-order valence-electron chi connectivity index (χ2n) is 3.43. The molecule has 0 saturated carbocycles. The number of hydrogen-bond acceptors (Lipinski definition) is 3. The third kappa shape index (κ3) is 1.78. The first-order valence-electron chi connectivity index (χ1n) is 4.75. The van der Waals surface area contributed by atoms with Crippen molar-refractivity contribution in [3.63, 3.8) is 0 Å². The van der Waals surface area contributed by atoms with Crippen molar-refractivity contribution in [3.05, 3.63) is 45.0 Å². The third-order valence-electron chi connectivity index (χ3n) is 2.48. The summed E-state index contributed by atoms with van der Waals surface area (Å²) in [6, 6.07) is 3.52. The van der Waals surface area contributed by atoms with E-state index in [4.69, 9.17) is 0 Å². The van der Waals surface area contributed by atoms with Gasteiger partial charge in [0.1, 0.15) is 0 Å². The molecule has 0 N–H and O–H groups in total. The Kier molecular flexibility index (Phi) is 2.87. The molecule has 0 bridgehead atoms. The number of rotatable bonds is 1. The van der Waals surface area contributed by atoms with Gasteiger partial charge < -0.3 is 4.57 Å². The highest BCUT2D eigenvalue weighted by atomic mass is 79.9. The van der Waals surface area contributed by atoms with E-state index in [9.17, 15) is 4.79 Å². The van der Waals surface area contributed by atoms with Crippen LogP contribution in [0.25, 0.3) is 11.4 Å². The average molecular weight is 280 g/mol. The zero-order chi connectivity index (χ0) is 11.7. The fraction of sp³-hybridized carbons (Fsp3) is 0.182. The van der Waals surface area contributed by atoms with Crippen molar-refractivity contribution in [3.8, 4) is 11.4 Å². The Morgan fingerprint density at radius 2 is 1.94 bits per heavy atom. The second-order valence-corrected chi connectivity index (χ2v) is 4.28. The van der Waals surface area contributed by atoms with E-state index in [1.54, 1.807) is 36.1 Å². The zero-order valence-corrected chi connectivity index (χ0v) is 10.5. The molecule has 0 unspecified atom stereocenters. The SMILES string of the molecule is Cc1c(-c2ncccn2)cc(Br)c(=O)n1C. The maximum Gasteiger partial charge on any atom is 0.264 e. The molecule has 0 amide bonds. The standard InChI is InChI=1S/C11H10BrN3O/c1-7-8(10-13-4-3-5-14-10)6-9(12)11(16)15(7)2/h3-6H,1-2H3. The van der Waals surface area contributed by atoms with Crippen LogP contribution in [-0.4, -0.2) is 14.5 Å². The topological polar surface area (TPSA) is 47.8 Å². The first-order valence-corrected chi connectivity index (χ1v) is 5.54. The zero-order valence-electron chi connectivity index (χ0n) is 8.94. The minimum atomic E-state index is -0.0582. The van der Waals surface area contributed by atoms with Crippen molar-refractivity contribution in [1.29, 1.82) is 0 Å². The number of hydrogen-bond donors (Lipinski definition) is 0. The van der Waals surface area contributed by atoms with Crippen LogP contribution >= 0.6 is 15.9 Å². The molecule has 16 heavy (non-hydrogen) atoms. The highest BCUT2D eigenvalue weighted by Gasteiger charge is 2.10. The average Bonchev–Trinajstić information content (AvgIpc) is 2.32. The van der Waals surface area contributed by atoms with E-state index in [1.165, 1.54) is 0 Å². The van der Waals surface area contributed by atoms with Gasteiger partial charge in [0.05, 0.1) is 4.47 Å². The molecule has 0 aliphatic rings. The molecule has 82 valence electrons. The first-order chi connectivity index (χ1) is 7.61. The van der Waals surface area contributed by atoms with Gasteiger partial charge in [-0.15, -0.1) is 0 Å². The van der Waals surface area contributed by atoms with E-state index in [0.29, 0.717) is 10.3 Å². The Hall–Kier alpha value is -1.49. The summed E-state index contributed by atoms with van der Waals surface area (Å²) in [5.74, 6) is 0.622. The van der Waals surface area contributed by atoms with Gasteiger partial charge in [0.2, 0.25) is 0 Å². The molecule has 2 aromatic rings. The van der Waals surface area contributed by atoms with Gasteiger partial charge in [0.25, 0.3) is 5.56 Å². The van der Waals surface area contributed by atoms with E-state index in [-0.39, 0.29) is 5.56 Å². The predicted octanol–water partition coefficient (Wildman–Crippen LogP) is 1.91. The van der Waals surface area contributed by atoms with Crippen LogP contribution in [0.15, 0.2) is 33.8 Å². The third-order valence-corrected chi connectivity index (χ3v) is 3.05. The first kappa shape index (κ1) is 11.0. The molecule has 4 nitrogen and oxygen atoms in total. The summed E-state index contributed by atoms with van der Waals surface area (Å²) in [5.41, 5.74) is 1.64. The minimum Gasteiger partial charge on any atom is -0.314 e. The van der Waals surface area contributed by atoms with Gasteiger partial charge in [-0.3, -0.25) is 4.79 Å². The van der Waals surface area contributed by atoms with Crippen molar-refractivity contribution in [2.24, 2.45) is 7.05 Å². The summed E-state index contributed by atoms with van der Waals surface area (Å²) in [4.78, 5) is 20.0. The molecule has 0 aliphatic heterocycles. The van der Waals surface area contributed by atoms with E-state index in [2.05, 4.69) is 25.9 Å². The molecule has 0 atom stereocenters. The van der Waals surface area contributed by atoms with Gasteiger partial charge in [-0.25, -0.2) is 9.97 Å². The predicted molar refractivity (Wildman–Crippen MR) is 65.1 cm³/mol. The van der Waals surface area contributed by atoms with E-state index >= 15 is 0 Å². The van der Waals surface area contributed by atoms with Crippen LogP contribution in [0.5, 0.6) is 0 Å². The number of pyridine rings is 1. The lowest BCUT2D eigenvalue weighted by molar-refractivity contribution is 0.813. The molecule has 0 aromatic carbocycles. The molecule has 0 aliphatic carbocycles. The molecule has 2 heterocycles. The van der Waals surface area contributed by atoms with Gasteiger partial charge in [0, 0.05) is 30.7 Å². The van der Waals surface area contributed by atoms with Crippen molar-refractivity contribution >= 4 is 15.9 Å². The van der Waals surface area contributed by atoms with Crippen LogP contribution in [0.1, 0.15) is 5.69 Å². The summed E-state index contributed by atoms with van der Waals surface area (Å²) in [5, 5.41) is 0. The number of halogens is 1. The van der Waals surface area contributed by atoms with Gasteiger partial charge in [-0.2, -0.15) is 0 Å². The van der Waals surface area contributed by atoms with Crippen LogP contribution in [-0.2, 0) is 7.05 Å². The van der Waals surface area contributed by atoms with Crippen LogP contribution in [0.2, 0.25) is 0 Å². The van der Waals surface area contributed by atoms with Crippen LogP contribution in [0, 0.1) is 6.92 Å². The largest absolute Gasteiger partial charge is 0.314 e. The van der Waals surface area contributed by atoms with Gasteiger partial charge in [0.15, 0.2) is 5.82 Å². The van der Waals surface area contributed by atoms with Crippen LogP contribution in [0.3, 0.4) is 0 Å². The van der Waals surface area contributed by atoms with Gasteiger partial charge >= 0.3 is 0 Å². The highest BCUT2D eigenvalue weighted by Crippen LogP contribution is 2.20. The van der Waals surface area contributed by atoms with Crippen molar-refractivity contribution in [2.45, 2.75) is 6.92 Å². The number of nitrogens with zero attached hydrogens (tertiary/aromatic N) is 3. The molecule has 0 spiro atoms. The fourth-order valence-corrected chi connectivity index (χ4v) is 1.95. The Morgan fingerprint density at radius 1 is 1.31 bits per heavy atom. The molecule has 2 rings (SSSR count). The summed E-state index contributed by atoms with van der Waals surface area (Å²) in [7, 11) is 1.73. The van der Waals surface area contributed by atoms with Crippen LogP contribution < -0.4 is 5.56 Å². The molecular formula is C11H10BrN3O. The molecule has 0 fully saturated rings. The Balaban J connectivity index is 2.73. The highest BCUT2D eigenvalue weighted by molar-refractivity contribution is 9.10. The number of aromatic nitrogens is 3. The lowest BCUT2D eigenvalue weighted by Gasteiger charge is -2.09.